The molecule has 0 bridgehead atoms. The van der Waals surface area contributed by atoms with E-state index in [0.717, 1.165) is 10.4 Å². The van der Waals surface area contributed by atoms with E-state index in [2.05, 4.69) is 0 Å². The highest BCUT2D eigenvalue weighted by molar-refractivity contribution is 7.89. The van der Waals surface area contributed by atoms with Crippen molar-refractivity contribution >= 4 is 16.0 Å². The fourth-order valence-electron chi connectivity index (χ4n) is 1.84. The zero-order valence-corrected chi connectivity index (χ0v) is 10.2. The monoisotopic (exact) mass is 273 g/mol. The van der Waals surface area contributed by atoms with Crippen molar-refractivity contribution in [2.45, 2.75) is 17.5 Å². The van der Waals surface area contributed by atoms with Gasteiger partial charge in [-0.2, -0.15) is 4.31 Å². The summed E-state index contributed by atoms with van der Waals surface area (Å²) in [5.74, 6) is -1.20. The van der Waals surface area contributed by atoms with E-state index in [9.17, 15) is 17.6 Å². The third-order valence-electron chi connectivity index (χ3n) is 2.81. The molecule has 0 amide bonds. The van der Waals surface area contributed by atoms with Crippen LogP contribution in [-0.4, -0.2) is 43.1 Å². The zero-order chi connectivity index (χ0) is 13.3. The number of nitrogens with zero attached hydrogens (tertiary/aromatic N) is 1. The first-order chi connectivity index (χ1) is 8.41. The van der Waals surface area contributed by atoms with Gasteiger partial charge in [-0.15, -0.1) is 0 Å². The minimum atomic E-state index is -3.80. The van der Waals surface area contributed by atoms with Gasteiger partial charge >= 0.3 is 5.97 Å². The maximum Gasteiger partial charge on any atom is 0.335 e. The van der Waals surface area contributed by atoms with E-state index >= 15 is 0 Å². The quantitative estimate of drug-likeness (QED) is 0.895. The average molecular weight is 273 g/mol. The predicted molar refractivity (Wildman–Crippen MR) is 61.7 cm³/mol. The van der Waals surface area contributed by atoms with Crippen LogP contribution in [0, 0.1) is 0 Å². The number of carboxylic acids is 1. The van der Waals surface area contributed by atoms with Gasteiger partial charge in [-0.05, 0) is 24.6 Å². The van der Waals surface area contributed by atoms with E-state index in [4.69, 9.17) is 5.11 Å². The zero-order valence-electron chi connectivity index (χ0n) is 9.41. The van der Waals surface area contributed by atoms with Crippen LogP contribution in [0.3, 0.4) is 0 Å². The molecule has 98 valence electrons. The smallest absolute Gasteiger partial charge is 0.335 e. The van der Waals surface area contributed by atoms with Crippen molar-refractivity contribution in [2.75, 3.05) is 13.1 Å². The number of alkyl halides is 1. The van der Waals surface area contributed by atoms with Gasteiger partial charge in [-0.3, -0.25) is 0 Å². The lowest BCUT2D eigenvalue weighted by atomic mass is 10.2. The third kappa shape index (κ3) is 2.37. The molecule has 0 saturated carbocycles. The van der Waals surface area contributed by atoms with Crippen LogP contribution in [-0.2, 0) is 10.0 Å². The van der Waals surface area contributed by atoms with Crippen LogP contribution in [0.15, 0.2) is 29.2 Å². The molecule has 1 fully saturated rings. The van der Waals surface area contributed by atoms with Crippen LogP contribution >= 0.6 is 0 Å². The minimum Gasteiger partial charge on any atom is -0.478 e. The average Bonchev–Trinajstić information content (AvgIpc) is 2.77. The SMILES string of the molecule is O=C(O)c1cccc(S(=O)(=O)N2CC[C@@H](F)C2)c1. The summed E-state index contributed by atoms with van der Waals surface area (Å²) in [4.78, 5) is 10.7. The molecule has 1 aliphatic rings. The Labute approximate surface area is 104 Å². The van der Waals surface area contributed by atoms with Crippen LogP contribution in [0.1, 0.15) is 16.8 Å². The highest BCUT2D eigenvalue weighted by Gasteiger charge is 2.32. The molecule has 7 heteroatoms. The molecule has 18 heavy (non-hydrogen) atoms. The summed E-state index contributed by atoms with van der Waals surface area (Å²) < 4.78 is 38.3. The molecule has 0 unspecified atom stereocenters. The molecule has 1 atom stereocenters. The number of carboxylic acid groups (broad SMARTS) is 1. The van der Waals surface area contributed by atoms with Crippen molar-refractivity contribution in [2.24, 2.45) is 0 Å². The van der Waals surface area contributed by atoms with Gasteiger partial charge in [0.15, 0.2) is 0 Å². The standard InChI is InChI=1S/C11H12FNO4S/c12-9-4-5-13(7-9)18(16,17)10-3-1-2-8(6-10)11(14)15/h1-3,6,9H,4-5,7H2,(H,14,15)/t9-/m1/s1. The Morgan fingerprint density at radius 3 is 2.72 bits per heavy atom. The van der Waals surface area contributed by atoms with Crippen molar-refractivity contribution in [1.82, 2.24) is 4.31 Å². The van der Waals surface area contributed by atoms with Crippen molar-refractivity contribution in [3.8, 4) is 0 Å². The summed E-state index contributed by atoms with van der Waals surface area (Å²) in [6.45, 7) is -0.0412. The molecule has 1 aromatic carbocycles. The molecule has 0 radical (unpaired) electrons. The van der Waals surface area contributed by atoms with Crippen LogP contribution in [0.5, 0.6) is 0 Å². The highest BCUT2D eigenvalue weighted by Crippen LogP contribution is 2.23. The maximum absolute atomic E-state index is 13.0. The number of carbonyl (C=O) groups is 1. The summed E-state index contributed by atoms with van der Waals surface area (Å²) in [6.07, 6.45) is -0.972. The van der Waals surface area contributed by atoms with Gasteiger partial charge in [0.1, 0.15) is 6.17 Å². The normalized spacial score (nSPS) is 21.1. The fourth-order valence-corrected chi connectivity index (χ4v) is 3.37. The maximum atomic E-state index is 13.0. The number of benzene rings is 1. The molecule has 0 aromatic heterocycles. The Balaban J connectivity index is 2.35. The van der Waals surface area contributed by atoms with Crippen molar-refractivity contribution < 1.29 is 22.7 Å². The van der Waals surface area contributed by atoms with Crippen molar-refractivity contribution in [3.05, 3.63) is 29.8 Å². The second-order valence-electron chi connectivity index (χ2n) is 4.08. The summed E-state index contributed by atoms with van der Waals surface area (Å²) in [7, 11) is -3.80. The number of rotatable bonds is 3. The number of hydrogen-bond donors (Lipinski definition) is 1. The lowest BCUT2D eigenvalue weighted by Crippen LogP contribution is -2.29. The van der Waals surface area contributed by atoms with Gasteiger partial charge in [0.25, 0.3) is 0 Å². The van der Waals surface area contributed by atoms with Crippen LogP contribution in [0.25, 0.3) is 0 Å². The van der Waals surface area contributed by atoms with Crippen LogP contribution < -0.4 is 0 Å². The minimum absolute atomic E-state index is 0.105. The molecule has 0 spiro atoms. The lowest BCUT2D eigenvalue weighted by Gasteiger charge is -2.15. The van der Waals surface area contributed by atoms with Crippen molar-refractivity contribution in [3.63, 3.8) is 0 Å². The second-order valence-corrected chi connectivity index (χ2v) is 6.02. The summed E-state index contributed by atoms with van der Waals surface area (Å²) >= 11 is 0. The van der Waals surface area contributed by atoms with E-state index in [0.29, 0.717) is 0 Å². The first-order valence-electron chi connectivity index (χ1n) is 5.39. The molecule has 5 nitrogen and oxygen atoms in total. The van der Waals surface area contributed by atoms with E-state index in [1.165, 1.54) is 18.2 Å². The molecule has 1 saturated heterocycles. The second kappa shape index (κ2) is 4.66. The number of sulfonamides is 1. The van der Waals surface area contributed by atoms with Crippen LogP contribution in [0.2, 0.25) is 0 Å². The molecule has 1 aromatic rings. The van der Waals surface area contributed by atoms with Gasteiger partial charge in [0.2, 0.25) is 10.0 Å². The van der Waals surface area contributed by atoms with Gasteiger partial charge < -0.3 is 5.11 Å². The Morgan fingerprint density at radius 2 is 2.17 bits per heavy atom. The molecule has 1 N–H and O–H groups in total. The molecular weight excluding hydrogens is 261 g/mol. The number of halogens is 1. The summed E-state index contributed by atoms with van der Waals surface area (Å²) in [5.41, 5.74) is -0.105. The Bertz CT molecular complexity index is 572. The van der Waals surface area contributed by atoms with E-state index < -0.39 is 22.2 Å². The molecule has 0 aliphatic carbocycles. The Kier molecular flexibility index (Phi) is 3.36. The third-order valence-corrected chi connectivity index (χ3v) is 4.67. The molecule has 1 heterocycles. The van der Waals surface area contributed by atoms with E-state index in [-0.39, 0.29) is 30.0 Å². The predicted octanol–water partition coefficient (Wildman–Crippen LogP) is 1.12. The van der Waals surface area contributed by atoms with Crippen LogP contribution in [0.4, 0.5) is 4.39 Å². The molecule has 1 aliphatic heterocycles. The fraction of sp³-hybridized carbons (Fsp3) is 0.364. The first kappa shape index (κ1) is 13.0. The van der Waals surface area contributed by atoms with E-state index in [1.807, 2.05) is 0 Å². The molecule has 2 rings (SSSR count). The largest absolute Gasteiger partial charge is 0.478 e. The van der Waals surface area contributed by atoms with Gasteiger partial charge in [0.05, 0.1) is 10.5 Å². The lowest BCUT2D eigenvalue weighted by molar-refractivity contribution is 0.0696. The number of hydrogen-bond acceptors (Lipinski definition) is 3. The Hall–Kier alpha value is -1.47. The molecular formula is C11H12FNO4S. The van der Waals surface area contributed by atoms with E-state index in [1.54, 1.807) is 0 Å². The highest BCUT2D eigenvalue weighted by atomic mass is 32.2. The van der Waals surface area contributed by atoms with Gasteiger partial charge in [0, 0.05) is 13.1 Å². The van der Waals surface area contributed by atoms with Gasteiger partial charge in [-0.25, -0.2) is 17.6 Å². The van der Waals surface area contributed by atoms with Gasteiger partial charge in [-0.1, -0.05) is 6.07 Å². The number of aromatic carboxylic acids is 1. The first-order valence-corrected chi connectivity index (χ1v) is 6.83. The van der Waals surface area contributed by atoms with Crippen molar-refractivity contribution in [1.29, 1.82) is 0 Å². The Morgan fingerprint density at radius 1 is 1.44 bits per heavy atom. The summed E-state index contributed by atoms with van der Waals surface area (Å²) in [5, 5.41) is 8.81. The summed E-state index contributed by atoms with van der Waals surface area (Å²) in [6, 6.07) is 5.07. The topological polar surface area (TPSA) is 74.7 Å².